The standard InChI is InChI=1S/C11H13N3O3S2/c15-5-9-12-13-11(19-7-10(16)17)14(9)3-1-8-2-4-18-6-8/h2,4,6,15H,1,3,5,7H2,(H,16,17). The van der Waals surface area contributed by atoms with Gasteiger partial charge in [-0.15, -0.1) is 10.2 Å². The summed E-state index contributed by atoms with van der Waals surface area (Å²) < 4.78 is 1.77. The summed E-state index contributed by atoms with van der Waals surface area (Å²) in [5.41, 5.74) is 1.21. The first-order valence-corrected chi connectivity index (χ1v) is 7.52. The summed E-state index contributed by atoms with van der Waals surface area (Å²) in [5.74, 6) is -0.506. The Morgan fingerprint density at radius 3 is 2.95 bits per heavy atom. The van der Waals surface area contributed by atoms with Crippen LogP contribution < -0.4 is 0 Å². The number of thioether (sulfide) groups is 1. The van der Waals surface area contributed by atoms with Crippen LogP contribution in [0.2, 0.25) is 0 Å². The molecule has 2 heterocycles. The largest absolute Gasteiger partial charge is 0.481 e. The summed E-state index contributed by atoms with van der Waals surface area (Å²) in [5, 5.41) is 30.3. The highest BCUT2D eigenvalue weighted by molar-refractivity contribution is 7.99. The summed E-state index contributed by atoms with van der Waals surface area (Å²) in [6.07, 6.45) is 0.801. The van der Waals surface area contributed by atoms with Gasteiger partial charge in [-0.3, -0.25) is 4.79 Å². The fourth-order valence-corrected chi connectivity index (χ4v) is 2.98. The lowest BCUT2D eigenvalue weighted by Crippen LogP contribution is -2.08. The Bertz CT molecular complexity index is 539. The van der Waals surface area contributed by atoms with E-state index in [4.69, 9.17) is 5.11 Å². The molecule has 0 bridgehead atoms. The number of nitrogens with zero attached hydrogens (tertiary/aromatic N) is 3. The maximum atomic E-state index is 10.6. The first-order chi connectivity index (χ1) is 9.20. The maximum Gasteiger partial charge on any atom is 0.313 e. The van der Waals surface area contributed by atoms with Crippen LogP contribution in [0.3, 0.4) is 0 Å². The quantitative estimate of drug-likeness (QED) is 0.748. The number of thiophene rings is 1. The summed E-state index contributed by atoms with van der Waals surface area (Å²) in [6.45, 7) is 0.422. The number of aliphatic hydroxyl groups excluding tert-OH is 1. The molecule has 0 atom stereocenters. The van der Waals surface area contributed by atoms with E-state index in [9.17, 15) is 9.90 Å². The molecule has 6 nitrogen and oxygen atoms in total. The number of carboxylic acid groups (broad SMARTS) is 1. The van der Waals surface area contributed by atoms with Crippen LogP contribution in [-0.4, -0.2) is 36.7 Å². The van der Waals surface area contributed by atoms with E-state index in [2.05, 4.69) is 15.6 Å². The van der Waals surface area contributed by atoms with E-state index in [1.54, 1.807) is 15.9 Å². The minimum Gasteiger partial charge on any atom is -0.481 e. The second-order valence-electron chi connectivity index (χ2n) is 3.77. The predicted octanol–water partition coefficient (Wildman–Crippen LogP) is 1.25. The van der Waals surface area contributed by atoms with Crippen molar-refractivity contribution in [1.29, 1.82) is 0 Å². The number of carbonyl (C=O) groups is 1. The number of rotatable bonds is 7. The molecule has 2 rings (SSSR count). The molecule has 0 spiro atoms. The molecular formula is C11H13N3O3S2. The monoisotopic (exact) mass is 299 g/mol. The number of hydrogen-bond acceptors (Lipinski definition) is 6. The summed E-state index contributed by atoms with van der Waals surface area (Å²) in [4.78, 5) is 10.6. The van der Waals surface area contributed by atoms with E-state index in [1.165, 1.54) is 5.56 Å². The van der Waals surface area contributed by atoms with Gasteiger partial charge in [0.15, 0.2) is 11.0 Å². The highest BCUT2D eigenvalue weighted by Crippen LogP contribution is 2.18. The van der Waals surface area contributed by atoms with Gasteiger partial charge >= 0.3 is 5.97 Å². The Hall–Kier alpha value is -1.38. The van der Waals surface area contributed by atoms with Gasteiger partial charge in [0.05, 0.1) is 5.75 Å². The third-order valence-corrected chi connectivity index (χ3v) is 4.15. The van der Waals surface area contributed by atoms with Gasteiger partial charge in [0.25, 0.3) is 0 Å². The zero-order valence-electron chi connectivity index (χ0n) is 10.0. The Morgan fingerprint density at radius 2 is 2.32 bits per heavy atom. The van der Waals surface area contributed by atoms with E-state index < -0.39 is 5.97 Å². The number of hydrogen-bond donors (Lipinski definition) is 2. The molecule has 0 aliphatic rings. The van der Waals surface area contributed by atoms with Crippen molar-refractivity contribution >= 4 is 29.1 Å². The van der Waals surface area contributed by atoms with Crippen LogP contribution >= 0.6 is 23.1 Å². The molecule has 8 heteroatoms. The van der Waals surface area contributed by atoms with E-state index in [1.807, 2.05) is 11.4 Å². The Morgan fingerprint density at radius 1 is 1.47 bits per heavy atom. The van der Waals surface area contributed by atoms with Crippen LogP contribution in [0.1, 0.15) is 11.4 Å². The van der Waals surface area contributed by atoms with Gasteiger partial charge in [-0.05, 0) is 28.8 Å². The average Bonchev–Trinajstić information content (AvgIpc) is 3.02. The Labute approximate surface area is 118 Å². The fraction of sp³-hybridized carbons (Fsp3) is 0.364. The fourth-order valence-electron chi connectivity index (χ4n) is 1.57. The molecule has 0 radical (unpaired) electrons. The van der Waals surface area contributed by atoms with Crippen LogP contribution in [0.4, 0.5) is 0 Å². The minimum atomic E-state index is -0.900. The van der Waals surface area contributed by atoms with Crippen molar-refractivity contribution < 1.29 is 15.0 Å². The van der Waals surface area contributed by atoms with Gasteiger partial charge in [0.2, 0.25) is 0 Å². The van der Waals surface area contributed by atoms with Crippen LogP contribution in [0.15, 0.2) is 22.0 Å². The number of carboxylic acids is 1. The van der Waals surface area contributed by atoms with E-state index in [0.717, 1.165) is 18.2 Å². The number of aryl methyl sites for hydroxylation is 1. The van der Waals surface area contributed by atoms with Crippen LogP contribution in [0, 0.1) is 0 Å². The second kappa shape index (κ2) is 6.69. The lowest BCUT2D eigenvalue weighted by atomic mass is 10.2. The zero-order chi connectivity index (χ0) is 13.7. The molecule has 0 aromatic carbocycles. The van der Waals surface area contributed by atoms with Crippen molar-refractivity contribution in [2.24, 2.45) is 0 Å². The van der Waals surface area contributed by atoms with Crippen molar-refractivity contribution in [2.75, 3.05) is 5.75 Å². The van der Waals surface area contributed by atoms with Gasteiger partial charge in [0.1, 0.15) is 6.61 Å². The summed E-state index contributed by atoms with van der Waals surface area (Å²) >= 11 is 2.74. The van der Waals surface area contributed by atoms with Crippen LogP contribution in [0.5, 0.6) is 0 Å². The third-order valence-electron chi connectivity index (χ3n) is 2.46. The van der Waals surface area contributed by atoms with E-state index >= 15 is 0 Å². The lowest BCUT2D eigenvalue weighted by molar-refractivity contribution is -0.133. The first kappa shape index (κ1) is 14.0. The molecular weight excluding hydrogens is 286 g/mol. The van der Waals surface area contributed by atoms with E-state index in [-0.39, 0.29) is 12.4 Å². The molecule has 2 aromatic heterocycles. The molecule has 0 aliphatic heterocycles. The Balaban J connectivity index is 2.07. The van der Waals surface area contributed by atoms with Gasteiger partial charge in [-0.1, -0.05) is 11.8 Å². The number of aliphatic hydroxyl groups is 1. The normalized spacial score (nSPS) is 10.8. The second-order valence-corrected chi connectivity index (χ2v) is 5.50. The SMILES string of the molecule is O=C(O)CSc1nnc(CO)n1CCc1ccsc1. The molecule has 0 saturated carbocycles. The van der Waals surface area contributed by atoms with Crippen LogP contribution in [0.25, 0.3) is 0 Å². The van der Waals surface area contributed by atoms with Crippen LogP contribution in [-0.2, 0) is 24.4 Å². The number of aromatic nitrogens is 3. The summed E-state index contributed by atoms with van der Waals surface area (Å²) in [6, 6.07) is 2.04. The minimum absolute atomic E-state index is 0.0674. The van der Waals surface area contributed by atoms with Gasteiger partial charge in [0, 0.05) is 6.54 Å². The lowest BCUT2D eigenvalue weighted by Gasteiger charge is -2.07. The summed E-state index contributed by atoms with van der Waals surface area (Å²) in [7, 11) is 0. The average molecular weight is 299 g/mol. The van der Waals surface area contributed by atoms with E-state index in [0.29, 0.717) is 17.5 Å². The highest BCUT2D eigenvalue weighted by atomic mass is 32.2. The molecule has 0 fully saturated rings. The van der Waals surface area contributed by atoms with Crippen molar-refractivity contribution in [2.45, 2.75) is 24.7 Å². The molecule has 0 amide bonds. The molecule has 0 unspecified atom stereocenters. The zero-order valence-corrected chi connectivity index (χ0v) is 11.7. The third kappa shape index (κ3) is 3.79. The maximum absolute atomic E-state index is 10.6. The van der Waals surface area contributed by atoms with Crippen molar-refractivity contribution in [3.63, 3.8) is 0 Å². The van der Waals surface area contributed by atoms with Crippen molar-refractivity contribution in [3.05, 3.63) is 28.2 Å². The number of aliphatic carboxylic acids is 1. The topological polar surface area (TPSA) is 88.2 Å². The Kier molecular flexibility index (Phi) is 4.94. The van der Waals surface area contributed by atoms with Gasteiger partial charge < -0.3 is 14.8 Å². The predicted molar refractivity (Wildman–Crippen MR) is 72.3 cm³/mol. The van der Waals surface area contributed by atoms with Crippen molar-refractivity contribution in [1.82, 2.24) is 14.8 Å². The van der Waals surface area contributed by atoms with Gasteiger partial charge in [-0.25, -0.2) is 0 Å². The van der Waals surface area contributed by atoms with Crippen molar-refractivity contribution in [3.8, 4) is 0 Å². The molecule has 0 saturated heterocycles. The molecule has 2 N–H and O–H groups in total. The molecule has 2 aromatic rings. The smallest absolute Gasteiger partial charge is 0.313 e. The molecule has 102 valence electrons. The first-order valence-electron chi connectivity index (χ1n) is 5.59. The molecule has 0 aliphatic carbocycles. The highest BCUT2D eigenvalue weighted by Gasteiger charge is 2.13. The molecule has 19 heavy (non-hydrogen) atoms. The van der Waals surface area contributed by atoms with Gasteiger partial charge in [-0.2, -0.15) is 11.3 Å².